The lowest BCUT2D eigenvalue weighted by molar-refractivity contribution is 0.171. The van der Waals surface area contributed by atoms with Gasteiger partial charge in [-0.1, -0.05) is 0 Å². The van der Waals surface area contributed by atoms with Gasteiger partial charge in [0.15, 0.2) is 11.5 Å². The van der Waals surface area contributed by atoms with Gasteiger partial charge in [-0.3, -0.25) is 0 Å². The Labute approximate surface area is 120 Å². The van der Waals surface area contributed by atoms with Crippen molar-refractivity contribution in [3.8, 4) is 17.2 Å². The Bertz CT molecular complexity index is 656. The average Bonchev–Trinajstić information content (AvgIpc) is 2.44. The summed E-state index contributed by atoms with van der Waals surface area (Å²) in [5.74, 6) is -0.124. The lowest BCUT2D eigenvalue weighted by atomic mass is 10.1. The van der Waals surface area contributed by atoms with Crippen LogP contribution in [-0.2, 0) is 6.61 Å². The van der Waals surface area contributed by atoms with Crippen LogP contribution in [0.5, 0.6) is 17.2 Å². The third kappa shape index (κ3) is 2.99. The predicted octanol–water partition coefficient (Wildman–Crippen LogP) is 2.90. The molecule has 2 N–H and O–H groups in total. The molecule has 2 aromatic rings. The highest BCUT2D eigenvalue weighted by Gasteiger charge is 2.15. The highest BCUT2D eigenvalue weighted by Crippen LogP contribution is 2.34. The Morgan fingerprint density at radius 3 is 2.24 bits per heavy atom. The zero-order chi connectivity index (χ0) is 14.8. The van der Waals surface area contributed by atoms with Gasteiger partial charge in [-0.2, -0.15) is 0 Å². The lowest BCUT2D eigenvalue weighted by Gasteiger charge is -2.20. The maximum atomic E-state index is 13.1. The van der Waals surface area contributed by atoms with Crippen molar-refractivity contribution >= 4 is 5.69 Å². The van der Waals surface area contributed by atoms with Crippen molar-refractivity contribution in [2.24, 2.45) is 0 Å². The third-order valence-corrected chi connectivity index (χ3v) is 3.03. The average molecular weight is 293 g/mol. The summed E-state index contributed by atoms with van der Waals surface area (Å²) in [7, 11) is 0. The molecule has 1 aliphatic heterocycles. The van der Waals surface area contributed by atoms with E-state index < -0.39 is 11.6 Å². The fourth-order valence-corrected chi connectivity index (χ4v) is 2.04. The molecule has 0 saturated carbocycles. The van der Waals surface area contributed by atoms with Crippen LogP contribution in [0.3, 0.4) is 0 Å². The number of ether oxygens (including phenoxy) is 3. The summed E-state index contributed by atoms with van der Waals surface area (Å²) in [6.45, 7) is 1.02. The first-order valence-electron chi connectivity index (χ1n) is 6.39. The summed E-state index contributed by atoms with van der Waals surface area (Å²) in [6, 6.07) is 6.36. The van der Waals surface area contributed by atoms with Crippen molar-refractivity contribution < 1.29 is 23.0 Å². The molecule has 0 aromatic heterocycles. The van der Waals surface area contributed by atoms with E-state index in [9.17, 15) is 8.78 Å². The Hall–Kier alpha value is -2.50. The summed E-state index contributed by atoms with van der Waals surface area (Å²) < 4.78 is 42.4. The van der Waals surface area contributed by atoms with Crippen LogP contribution in [0.15, 0.2) is 30.3 Å². The number of nitrogens with two attached hydrogens (primary N) is 1. The van der Waals surface area contributed by atoms with Gasteiger partial charge in [0.25, 0.3) is 0 Å². The number of anilines is 1. The van der Waals surface area contributed by atoms with E-state index >= 15 is 0 Å². The molecule has 110 valence electrons. The Kier molecular flexibility index (Phi) is 3.51. The molecule has 0 spiro atoms. The van der Waals surface area contributed by atoms with Crippen molar-refractivity contribution in [3.05, 3.63) is 47.5 Å². The highest BCUT2D eigenvalue weighted by atomic mass is 19.1. The molecular formula is C15H13F2NO3. The van der Waals surface area contributed by atoms with E-state index in [4.69, 9.17) is 19.9 Å². The minimum atomic E-state index is -0.694. The van der Waals surface area contributed by atoms with Crippen LogP contribution < -0.4 is 19.9 Å². The van der Waals surface area contributed by atoms with Crippen LogP contribution >= 0.6 is 0 Å². The van der Waals surface area contributed by atoms with Crippen molar-refractivity contribution in [1.82, 2.24) is 0 Å². The van der Waals surface area contributed by atoms with Crippen molar-refractivity contribution in [2.75, 3.05) is 18.9 Å². The van der Waals surface area contributed by atoms with Gasteiger partial charge in [0.05, 0.1) is 0 Å². The number of halogens is 2. The molecule has 3 rings (SSSR count). The van der Waals surface area contributed by atoms with E-state index in [-0.39, 0.29) is 12.4 Å². The number of nitrogen functional groups attached to an aromatic ring is 1. The molecule has 0 fully saturated rings. The van der Waals surface area contributed by atoms with Gasteiger partial charge in [0, 0.05) is 35.5 Å². The number of hydrogen-bond acceptors (Lipinski definition) is 4. The van der Waals surface area contributed by atoms with Gasteiger partial charge in [0.1, 0.15) is 37.2 Å². The quantitative estimate of drug-likeness (QED) is 0.884. The maximum Gasteiger partial charge on any atom is 0.163 e. The molecule has 0 amide bonds. The largest absolute Gasteiger partial charge is 0.489 e. The number of rotatable bonds is 3. The van der Waals surface area contributed by atoms with Gasteiger partial charge >= 0.3 is 0 Å². The monoisotopic (exact) mass is 293 g/mol. The Morgan fingerprint density at radius 2 is 1.57 bits per heavy atom. The molecule has 1 aliphatic rings. The molecule has 0 atom stereocenters. The fraction of sp³-hybridized carbons (Fsp3) is 0.200. The summed E-state index contributed by atoms with van der Waals surface area (Å²) in [5.41, 5.74) is 7.03. The minimum absolute atomic E-state index is 0.0748. The van der Waals surface area contributed by atoms with Crippen LogP contribution in [0.4, 0.5) is 14.5 Å². The van der Waals surface area contributed by atoms with E-state index in [0.717, 1.165) is 18.2 Å². The smallest absolute Gasteiger partial charge is 0.163 e. The van der Waals surface area contributed by atoms with E-state index in [1.54, 1.807) is 12.1 Å². The molecule has 0 aliphatic carbocycles. The van der Waals surface area contributed by atoms with E-state index in [2.05, 4.69) is 0 Å². The lowest BCUT2D eigenvalue weighted by Crippen LogP contribution is -2.16. The molecule has 2 aromatic carbocycles. The van der Waals surface area contributed by atoms with Gasteiger partial charge < -0.3 is 19.9 Å². The van der Waals surface area contributed by atoms with Crippen molar-refractivity contribution in [2.45, 2.75) is 6.61 Å². The van der Waals surface area contributed by atoms with E-state index in [1.165, 1.54) is 0 Å². The SMILES string of the molecule is Nc1cc2c(cc1COc1cc(F)cc(F)c1)OCCO2. The topological polar surface area (TPSA) is 53.7 Å². The maximum absolute atomic E-state index is 13.1. The molecule has 1 heterocycles. The number of hydrogen-bond donors (Lipinski definition) is 1. The second-order valence-electron chi connectivity index (χ2n) is 4.59. The Balaban J connectivity index is 1.78. The first-order valence-corrected chi connectivity index (χ1v) is 6.39. The van der Waals surface area contributed by atoms with Gasteiger partial charge in [-0.15, -0.1) is 0 Å². The first-order chi connectivity index (χ1) is 10.1. The predicted molar refractivity (Wildman–Crippen MR) is 72.5 cm³/mol. The van der Waals surface area contributed by atoms with Gasteiger partial charge in [0.2, 0.25) is 0 Å². The number of fused-ring (bicyclic) bond motifs is 1. The molecular weight excluding hydrogens is 280 g/mol. The molecule has 6 heteroatoms. The van der Waals surface area contributed by atoms with Gasteiger partial charge in [-0.05, 0) is 6.07 Å². The zero-order valence-electron chi connectivity index (χ0n) is 11.1. The van der Waals surface area contributed by atoms with Crippen molar-refractivity contribution in [3.63, 3.8) is 0 Å². The van der Waals surface area contributed by atoms with Crippen LogP contribution in [0.2, 0.25) is 0 Å². The van der Waals surface area contributed by atoms with E-state index in [1.807, 2.05) is 0 Å². The summed E-state index contributed by atoms with van der Waals surface area (Å²) in [4.78, 5) is 0. The highest BCUT2D eigenvalue weighted by molar-refractivity contribution is 5.58. The molecule has 0 saturated heterocycles. The van der Waals surface area contributed by atoms with Crippen LogP contribution in [0.1, 0.15) is 5.56 Å². The summed E-state index contributed by atoms with van der Waals surface area (Å²) in [5, 5.41) is 0. The van der Waals surface area contributed by atoms with Crippen LogP contribution in [0, 0.1) is 11.6 Å². The second kappa shape index (κ2) is 5.47. The molecule has 0 bridgehead atoms. The standard InChI is InChI=1S/C15H13F2NO3/c16-10-4-11(17)6-12(5-10)21-8-9-3-14-15(7-13(9)18)20-2-1-19-14/h3-7H,1-2,8,18H2. The van der Waals surface area contributed by atoms with Crippen LogP contribution in [-0.4, -0.2) is 13.2 Å². The first kappa shape index (κ1) is 13.5. The second-order valence-corrected chi connectivity index (χ2v) is 4.59. The Morgan fingerprint density at radius 1 is 0.952 bits per heavy atom. The number of benzene rings is 2. The summed E-state index contributed by atoms with van der Waals surface area (Å²) >= 11 is 0. The molecule has 0 unspecified atom stereocenters. The van der Waals surface area contributed by atoms with Gasteiger partial charge in [-0.25, -0.2) is 8.78 Å². The fourth-order valence-electron chi connectivity index (χ4n) is 2.04. The zero-order valence-corrected chi connectivity index (χ0v) is 11.1. The molecule has 4 nitrogen and oxygen atoms in total. The molecule has 21 heavy (non-hydrogen) atoms. The summed E-state index contributed by atoms with van der Waals surface area (Å²) in [6.07, 6.45) is 0. The normalized spacial score (nSPS) is 13.0. The van der Waals surface area contributed by atoms with Crippen LogP contribution in [0.25, 0.3) is 0 Å². The minimum Gasteiger partial charge on any atom is -0.489 e. The third-order valence-electron chi connectivity index (χ3n) is 3.03. The molecule has 0 radical (unpaired) electrons. The van der Waals surface area contributed by atoms with Crippen molar-refractivity contribution in [1.29, 1.82) is 0 Å². The van der Waals surface area contributed by atoms with E-state index in [0.29, 0.717) is 36.0 Å².